The summed E-state index contributed by atoms with van der Waals surface area (Å²) < 4.78 is 17.0. The van der Waals surface area contributed by atoms with E-state index in [9.17, 15) is 0 Å². The average molecular weight is 320 g/mol. The van der Waals surface area contributed by atoms with Crippen molar-refractivity contribution < 1.29 is 14.2 Å². The number of nitrogens with zero attached hydrogens (tertiary/aromatic N) is 1. The topological polar surface area (TPSA) is 43.0 Å². The molecule has 0 amide bonds. The van der Waals surface area contributed by atoms with Crippen LogP contribution in [0.5, 0.6) is 11.5 Å². The van der Waals surface area contributed by atoms with Crippen LogP contribution in [0.1, 0.15) is 30.0 Å². The highest BCUT2D eigenvalue weighted by molar-refractivity contribution is 5.55. The Hall–Kier alpha value is -1.30. The number of hydrogen-bond donors (Lipinski definition) is 1. The van der Waals surface area contributed by atoms with Crippen LogP contribution in [-0.2, 0) is 24.2 Å². The molecule has 2 aliphatic rings. The van der Waals surface area contributed by atoms with Crippen molar-refractivity contribution >= 4 is 0 Å². The van der Waals surface area contributed by atoms with Crippen LogP contribution >= 0.6 is 0 Å². The van der Waals surface area contributed by atoms with Gasteiger partial charge >= 0.3 is 0 Å². The van der Waals surface area contributed by atoms with Crippen LogP contribution in [0, 0.1) is 0 Å². The molecule has 5 nitrogen and oxygen atoms in total. The summed E-state index contributed by atoms with van der Waals surface area (Å²) in [6.07, 6.45) is 2.13. The van der Waals surface area contributed by atoms with Gasteiger partial charge in [-0.2, -0.15) is 0 Å². The van der Waals surface area contributed by atoms with Gasteiger partial charge in [0, 0.05) is 48.9 Å². The summed E-state index contributed by atoms with van der Waals surface area (Å²) in [5.41, 5.74) is 3.79. The van der Waals surface area contributed by atoms with E-state index in [4.69, 9.17) is 14.2 Å². The van der Waals surface area contributed by atoms with Crippen LogP contribution in [-0.4, -0.2) is 51.5 Å². The maximum atomic E-state index is 5.84. The minimum Gasteiger partial charge on any atom is -0.496 e. The molecule has 1 fully saturated rings. The second-order valence-electron chi connectivity index (χ2n) is 6.31. The van der Waals surface area contributed by atoms with Gasteiger partial charge in [0.1, 0.15) is 11.5 Å². The van der Waals surface area contributed by atoms with Crippen molar-refractivity contribution in [2.75, 3.05) is 40.5 Å². The predicted octanol–water partition coefficient (Wildman–Crippen LogP) is 1.96. The van der Waals surface area contributed by atoms with Gasteiger partial charge in [0.2, 0.25) is 0 Å². The molecule has 23 heavy (non-hydrogen) atoms. The molecule has 1 unspecified atom stereocenters. The van der Waals surface area contributed by atoms with Crippen LogP contribution in [0.25, 0.3) is 0 Å². The van der Waals surface area contributed by atoms with Crippen molar-refractivity contribution in [3.63, 3.8) is 0 Å². The quantitative estimate of drug-likeness (QED) is 0.898. The van der Waals surface area contributed by atoms with E-state index < -0.39 is 0 Å². The highest BCUT2D eigenvalue weighted by Gasteiger charge is 2.26. The molecule has 128 valence electrons. The van der Waals surface area contributed by atoms with Crippen LogP contribution < -0.4 is 14.8 Å². The second kappa shape index (κ2) is 7.51. The third-order valence-corrected chi connectivity index (χ3v) is 4.97. The number of nitrogens with one attached hydrogen (secondary N) is 1. The molecule has 1 saturated heterocycles. The lowest BCUT2D eigenvalue weighted by molar-refractivity contribution is 0.0338. The first-order valence-electron chi connectivity index (χ1n) is 8.55. The van der Waals surface area contributed by atoms with Crippen molar-refractivity contribution in [3.05, 3.63) is 22.8 Å². The summed E-state index contributed by atoms with van der Waals surface area (Å²) in [5, 5.41) is 3.59. The first-order valence-corrected chi connectivity index (χ1v) is 8.55. The van der Waals surface area contributed by atoms with E-state index >= 15 is 0 Å². The zero-order chi connectivity index (χ0) is 16.2. The summed E-state index contributed by atoms with van der Waals surface area (Å²) in [4.78, 5) is 2.42. The van der Waals surface area contributed by atoms with Crippen LogP contribution in [0.2, 0.25) is 0 Å². The summed E-state index contributed by atoms with van der Waals surface area (Å²) in [6.45, 7) is 7.54. The monoisotopic (exact) mass is 320 g/mol. The number of fused-ring (bicyclic) bond motifs is 1. The van der Waals surface area contributed by atoms with Gasteiger partial charge in [0.15, 0.2) is 0 Å². The van der Waals surface area contributed by atoms with Gasteiger partial charge in [-0.3, -0.25) is 4.90 Å². The summed E-state index contributed by atoms with van der Waals surface area (Å²) in [7, 11) is 3.54. The van der Waals surface area contributed by atoms with E-state index in [0.29, 0.717) is 6.04 Å². The molecule has 1 atom stereocenters. The Bertz CT molecular complexity index is 542. The first-order chi connectivity index (χ1) is 11.3. The van der Waals surface area contributed by atoms with Crippen molar-refractivity contribution in [2.24, 2.45) is 0 Å². The molecule has 0 aliphatic carbocycles. The van der Waals surface area contributed by atoms with Gasteiger partial charge in [0.05, 0.1) is 27.4 Å². The lowest BCUT2D eigenvalue weighted by atomic mass is 9.90. The van der Waals surface area contributed by atoms with Crippen LogP contribution in [0.15, 0.2) is 6.07 Å². The largest absolute Gasteiger partial charge is 0.496 e. The molecule has 0 radical (unpaired) electrons. The van der Waals surface area contributed by atoms with Crippen molar-refractivity contribution in [2.45, 2.75) is 38.9 Å². The van der Waals surface area contributed by atoms with Crippen molar-refractivity contribution in [3.8, 4) is 11.5 Å². The fourth-order valence-electron chi connectivity index (χ4n) is 3.61. The third-order valence-electron chi connectivity index (χ3n) is 4.97. The molecular weight excluding hydrogens is 292 g/mol. The highest BCUT2D eigenvalue weighted by atomic mass is 16.5. The smallest absolute Gasteiger partial charge is 0.127 e. The van der Waals surface area contributed by atoms with Gasteiger partial charge in [-0.15, -0.1) is 0 Å². The lowest BCUT2D eigenvalue weighted by Gasteiger charge is -2.31. The molecule has 2 heterocycles. The molecule has 0 spiro atoms. The van der Waals surface area contributed by atoms with Gasteiger partial charge in [-0.05, 0) is 18.9 Å². The Morgan fingerprint density at radius 3 is 2.65 bits per heavy atom. The fourth-order valence-corrected chi connectivity index (χ4v) is 3.61. The fraction of sp³-hybridized carbons (Fsp3) is 0.667. The van der Waals surface area contributed by atoms with Crippen LogP contribution in [0.3, 0.4) is 0 Å². The molecule has 2 aliphatic heterocycles. The zero-order valence-corrected chi connectivity index (χ0v) is 14.5. The van der Waals surface area contributed by atoms with Crippen molar-refractivity contribution in [1.29, 1.82) is 0 Å². The molecule has 1 N–H and O–H groups in total. The Kier molecular flexibility index (Phi) is 5.41. The second-order valence-corrected chi connectivity index (χ2v) is 6.31. The van der Waals surface area contributed by atoms with E-state index in [2.05, 4.69) is 23.2 Å². The number of ether oxygens (including phenoxy) is 3. The van der Waals surface area contributed by atoms with E-state index in [1.54, 1.807) is 14.2 Å². The van der Waals surface area contributed by atoms with Crippen molar-refractivity contribution in [1.82, 2.24) is 10.2 Å². The Labute approximate surface area is 138 Å². The van der Waals surface area contributed by atoms with Gasteiger partial charge in [0.25, 0.3) is 0 Å². The number of benzene rings is 1. The number of hydrogen-bond acceptors (Lipinski definition) is 5. The maximum Gasteiger partial charge on any atom is 0.127 e. The SMILES string of the molecule is CCC1Cc2c(c(OC)cc(CN3CCOCC3)c2OC)CN1. The molecule has 1 aromatic rings. The molecule has 3 rings (SSSR count). The van der Waals surface area contributed by atoms with E-state index in [0.717, 1.165) is 63.7 Å². The number of methoxy groups -OCH3 is 2. The van der Waals surface area contributed by atoms with Gasteiger partial charge < -0.3 is 19.5 Å². The Morgan fingerprint density at radius 1 is 1.22 bits per heavy atom. The molecule has 0 bridgehead atoms. The molecule has 5 heteroatoms. The highest BCUT2D eigenvalue weighted by Crippen LogP contribution is 2.38. The number of rotatable bonds is 5. The standard InChI is InChI=1S/C18H28N2O3/c1-4-14-10-15-16(11-19-14)17(21-2)9-13(18(15)22-3)12-20-5-7-23-8-6-20/h9,14,19H,4-8,10-12H2,1-3H3. The Morgan fingerprint density at radius 2 is 2.00 bits per heavy atom. The minimum atomic E-state index is 0.514. The summed E-state index contributed by atoms with van der Waals surface area (Å²) in [5.74, 6) is 2.03. The molecule has 0 aromatic heterocycles. The summed E-state index contributed by atoms with van der Waals surface area (Å²) >= 11 is 0. The molecule has 0 saturated carbocycles. The minimum absolute atomic E-state index is 0.514. The van der Waals surface area contributed by atoms with E-state index in [-0.39, 0.29) is 0 Å². The van der Waals surface area contributed by atoms with E-state index in [1.165, 1.54) is 16.7 Å². The van der Waals surface area contributed by atoms with E-state index in [1.807, 2.05) is 0 Å². The lowest BCUT2D eigenvalue weighted by Crippen LogP contribution is -2.37. The number of morpholine rings is 1. The Balaban J connectivity index is 1.95. The summed E-state index contributed by atoms with van der Waals surface area (Å²) in [6, 6.07) is 2.67. The average Bonchev–Trinajstić information content (AvgIpc) is 2.61. The van der Waals surface area contributed by atoms with Gasteiger partial charge in [-0.1, -0.05) is 6.92 Å². The normalized spacial score (nSPS) is 21.8. The third kappa shape index (κ3) is 3.47. The maximum absolute atomic E-state index is 5.84. The molecular formula is C18H28N2O3. The van der Waals surface area contributed by atoms with Crippen LogP contribution in [0.4, 0.5) is 0 Å². The zero-order valence-electron chi connectivity index (χ0n) is 14.5. The van der Waals surface area contributed by atoms with Gasteiger partial charge in [-0.25, -0.2) is 0 Å². The first kappa shape index (κ1) is 16.6. The predicted molar refractivity (Wildman–Crippen MR) is 90.3 cm³/mol. The molecule has 1 aromatic carbocycles.